The summed E-state index contributed by atoms with van der Waals surface area (Å²) in [5, 5.41) is 17.0. The molecule has 40 heavy (non-hydrogen) atoms. The molecule has 2 atom stereocenters. The van der Waals surface area contributed by atoms with Gasteiger partial charge in [0.1, 0.15) is 11.8 Å². The topological polar surface area (TPSA) is 143 Å². The van der Waals surface area contributed by atoms with Crippen molar-refractivity contribution in [2.24, 2.45) is 5.73 Å². The minimum atomic E-state index is -0.811. The summed E-state index contributed by atoms with van der Waals surface area (Å²) in [6.07, 6.45) is 4.50. The Bertz CT molecular complexity index is 1540. The van der Waals surface area contributed by atoms with Crippen molar-refractivity contribution in [3.8, 4) is 16.9 Å². The number of imidazole rings is 1. The average molecular weight is 537 g/mol. The molecular weight excluding hydrogens is 504 g/mol. The Hall–Kier alpha value is -4.76. The number of nitrogens with one attached hydrogen (secondary N) is 2. The number of amides is 1. The fourth-order valence-corrected chi connectivity index (χ4v) is 4.80. The van der Waals surface area contributed by atoms with Crippen molar-refractivity contribution >= 4 is 5.91 Å². The Kier molecular flexibility index (Phi) is 8.02. The van der Waals surface area contributed by atoms with E-state index in [1.807, 2.05) is 44.2 Å². The molecule has 5 N–H and O–H groups in total. The SMILES string of the molecule is Cc1cc(O)cc(C)c1C[C@H](N)C(=O)N[C@@H](Cc1c[nH]cn1)c1nc(Cc2ccc(-c3ccccc3)cc2)no1. The van der Waals surface area contributed by atoms with Gasteiger partial charge in [0.25, 0.3) is 0 Å². The maximum absolute atomic E-state index is 13.2. The van der Waals surface area contributed by atoms with Crippen molar-refractivity contribution in [3.05, 3.63) is 119 Å². The summed E-state index contributed by atoms with van der Waals surface area (Å²) < 4.78 is 5.61. The lowest BCUT2D eigenvalue weighted by Crippen LogP contribution is -2.44. The predicted molar refractivity (Wildman–Crippen MR) is 151 cm³/mol. The Labute approximate surface area is 232 Å². The number of carbonyl (C=O) groups is 1. The van der Waals surface area contributed by atoms with E-state index in [0.717, 1.165) is 39.1 Å². The van der Waals surface area contributed by atoms with Crippen LogP contribution < -0.4 is 11.1 Å². The Morgan fingerprint density at radius 3 is 2.40 bits per heavy atom. The van der Waals surface area contributed by atoms with Gasteiger partial charge in [-0.3, -0.25) is 4.79 Å². The molecule has 3 aromatic carbocycles. The van der Waals surface area contributed by atoms with Gasteiger partial charge in [0, 0.05) is 19.0 Å². The zero-order chi connectivity index (χ0) is 28.1. The molecule has 0 saturated heterocycles. The molecule has 2 aromatic heterocycles. The number of nitrogens with two attached hydrogens (primary N) is 1. The second kappa shape index (κ2) is 12.0. The minimum absolute atomic E-state index is 0.190. The average Bonchev–Trinajstić information content (AvgIpc) is 3.63. The van der Waals surface area contributed by atoms with E-state index in [1.54, 1.807) is 24.7 Å². The van der Waals surface area contributed by atoms with Gasteiger partial charge in [-0.25, -0.2) is 4.98 Å². The number of hydrogen-bond donors (Lipinski definition) is 4. The first-order chi connectivity index (χ1) is 19.4. The Morgan fingerprint density at radius 2 is 1.73 bits per heavy atom. The highest BCUT2D eigenvalue weighted by molar-refractivity contribution is 5.82. The van der Waals surface area contributed by atoms with Gasteiger partial charge in [0.15, 0.2) is 5.82 Å². The van der Waals surface area contributed by atoms with Crippen molar-refractivity contribution in [3.63, 3.8) is 0 Å². The highest BCUT2D eigenvalue weighted by Crippen LogP contribution is 2.23. The van der Waals surface area contributed by atoms with Gasteiger partial charge >= 0.3 is 0 Å². The number of H-pyrrole nitrogens is 1. The number of phenolic OH excluding ortho intramolecular Hbond substituents is 1. The maximum Gasteiger partial charge on any atom is 0.249 e. The minimum Gasteiger partial charge on any atom is -0.508 e. The summed E-state index contributed by atoms with van der Waals surface area (Å²) in [7, 11) is 0. The van der Waals surface area contributed by atoms with Crippen LogP contribution in [0.3, 0.4) is 0 Å². The van der Waals surface area contributed by atoms with Crippen LogP contribution in [0.1, 0.15) is 45.7 Å². The van der Waals surface area contributed by atoms with Gasteiger partial charge in [-0.2, -0.15) is 4.98 Å². The number of aromatic nitrogens is 4. The van der Waals surface area contributed by atoms with Gasteiger partial charge < -0.3 is 25.7 Å². The molecule has 0 radical (unpaired) electrons. The van der Waals surface area contributed by atoms with Crippen molar-refractivity contribution in [1.29, 1.82) is 0 Å². The number of nitrogens with zero attached hydrogens (tertiary/aromatic N) is 3. The number of aryl methyl sites for hydroxylation is 2. The number of aromatic hydroxyl groups is 1. The molecule has 5 rings (SSSR count). The van der Waals surface area contributed by atoms with Gasteiger partial charge in [0.05, 0.1) is 18.1 Å². The molecule has 0 saturated carbocycles. The molecule has 2 heterocycles. The molecule has 0 spiro atoms. The molecule has 204 valence electrons. The molecule has 5 aromatic rings. The van der Waals surface area contributed by atoms with Crippen LogP contribution in [0.15, 0.2) is 83.8 Å². The van der Waals surface area contributed by atoms with Gasteiger partial charge in [-0.05, 0) is 65.8 Å². The van der Waals surface area contributed by atoms with E-state index in [9.17, 15) is 9.90 Å². The van der Waals surface area contributed by atoms with Crippen LogP contribution in [0, 0.1) is 13.8 Å². The van der Waals surface area contributed by atoms with Crippen LogP contribution in [0.5, 0.6) is 5.75 Å². The summed E-state index contributed by atoms with van der Waals surface area (Å²) in [5.74, 6) is 0.652. The summed E-state index contributed by atoms with van der Waals surface area (Å²) in [5.41, 5.74) is 13.1. The van der Waals surface area contributed by atoms with E-state index in [4.69, 9.17) is 10.3 Å². The molecule has 0 unspecified atom stereocenters. The fraction of sp³-hybridized carbons (Fsp3) is 0.226. The third kappa shape index (κ3) is 6.44. The van der Waals surface area contributed by atoms with Crippen LogP contribution in [-0.2, 0) is 24.1 Å². The maximum atomic E-state index is 13.2. The van der Waals surface area contributed by atoms with E-state index in [1.165, 1.54) is 0 Å². The van der Waals surface area contributed by atoms with Crippen LogP contribution in [0.4, 0.5) is 0 Å². The third-order valence-electron chi connectivity index (χ3n) is 6.93. The number of aromatic amines is 1. The molecule has 0 aliphatic heterocycles. The van der Waals surface area contributed by atoms with Crippen molar-refractivity contribution in [1.82, 2.24) is 25.4 Å². The smallest absolute Gasteiger partial charge is 0.249 e. The van der Waals surface area contributed by atoms with E-state index < -0.39 is 12.1 Å². The molecule has 0 bridgehead atoms. The summed E-state index contributed by atoms with van der Waals surface area (Å²) in [4.78, 5) is 25.0. The molecule has 0 aliphatic rings. The van der Waals surface area contributed by atoms with E-state index in [2.05, 4.69) is 49.7 Å². The van der Waals surface area contributed by atoms with E-state index in [0.29, 0.717) is 25.1 Å². The molecule has 1 amide bonds. The van der Waals surface area contributed by atoms with E-state index >= 15 is 0 Å². The van der Waals surface area contributed by atoms with E-state index in [-0.39, 0.29) is 17.5 Å². The van der Waals surface area contributed by atoms with Crippen molar-refractivity contribution in [2.75, 3.05) is 0 Å². The lowest BCUT2D eigenvalue weighted by molar-refractivity contribution is -0.123. The van der Waals surface area contributed by atoms with Crippen LogP contribution in [-0.4, -0.2) is 37.2 Å². The van der Waals surface area contributed by atoms with Gasteiger partial charge in [-0.1, -0.05) is 59.8 Å². The highest BCUT2D eigenvalue weighted by Gasteiger charge is 2.26. The predicted octanol–water partition coefficient (Wildman–Crippen LogP) is 4.34. The first-order valence-electron chi connectivity index (χ1n) is 13.1. The normalized spacial score (nSPS) is 12.7. The summed E-state index contributed by atoms with van der Waals surface area (Å²) in [6, 6.07) is 20.4. The first-order valence-corrected chi connectivity index (χ1v) is 13.1. The molecule has 0 aliphatic carbocycles. The summed E-state index contributed by atoms with van der Waals surface area (Å²) in [6.45, 7) is 3.78. The third-order valence-corrected chi connectivity index (χ3v) is 6.93. The molecule has 9 heteroatoms. The number of carbonyl (C=O) groups excluding carboxylic acids is 1. The monoisotopic (exact) mass is 536 g/mol. The number of benzene rings is 3. The molecule has 9 nitrogen and oxygen atoms in total. The first kappa shape index (κ1) is 26.8. The van der Waals surface area contributed by atoms with Crippen LogP contribution in [0.2, 0.25) is 0 Å². The molecule has 0 fully saturated rings. The number of rotatable bonds is 10. The number of hydrogen-bond acceptors (Lipinski definition) is 7. The zero-order valence-electron chi connectivity index (χ0n) is 22.5. The lowest BCUT2D eigenvalue weighted by Gasteiger charge is -2.19. The van der Waals surface area contributed by atoms with Crippen molar-refractivity contribution < 1.29 is 14.4 Å². The quantitative estimate of drug-likeness (QED) is 0.208. The largest absolute Gasteiger partial charge is 0.508 e. The Balaban J connectivity index is 1.29. The van der Waals surface area contributed by atoms with Crippen LogP contribution >= 0.6 is 0 Å². The lowest BCUT2D eigenvalue weighted by atomic mass is 9.95. The Morgan fingerprint density at radius 1 is 1.02 bits per heavy atom. The summed E-state index contributed by atoms with van der Waals surface area (Å²) >= 11 is 0. The standard InChI is InChI=1S/C31H32N6O3/c1-19-12-25(38)13-20(2)26(19)16-27(32)30(39)35-28(15-24-17-33-18-34-24)31-36-29(37-40-31)14-21-8-10-23(11-9-21)22-6-4-3-5-7-22/h3-13,17-18,27-28,38H,14-16,32H2,1-2H3,(H,33,34)(H,35,39)/t27-,28-/m0/s1. The van der Waals surface area contributed by atoms with Crippen molar-refractivity contribution in [2.45, 2.75) is 45.2 Å². The molecular formula is C31H32N6O3. The van der Waals surface area contributed by atoms with Gasteiger partial charge in [-0.15, -0.1) is 0 Å². The van der Waals surface area contributed by atoms with Crippen LogP contribution in [0.25, 0.3) is 11.1 Å². The second-order valence-electron chi connectivity index (χ2n) is 9.98. The second-order valence-corrected chi connectivity index (χ2v) is 9.98. The van der Waals surface area contributed by atoms with Gasteiger partial charge in [0.2, 0.25) is 11.8 Å². The number of phenols is 1. The highest BCUT2D eigenvalue weighted by atomic mass is 16.5. The zero-order valence-corrected chi connectivity index (χ0v) is 22.5. The fourth-order valence-electron chi connectivity index (χ4n) is 4.80.